The quantitative estimate of drug-likeness (QED) is 0.168. The summed E-state index contributed by atoms with van der Waals surface area (Å²) in [4.78, 5) is 30.8. The van der Waals surface area contributed by atoms with Gasteiger partial charge in [-0.25, -0.2) is 9.37 Å². The van der Waals surface area contributed by atoms with Crippen molar-refractivity contribution < 1.29 is 23.1 Å². The van der Waals surface area contributed by atoms with Crippen LogP contribution >= 0.6 is 15.9 Å². The molecule has 11 heteroatoms. The normalized spacial score (nSPS) is 11.3. The third kappa shape index (κ3) is 6.09. The standard InChI is InChI=1S/C33H24BrFN4O5/c1-2-42-28-16-21(25(34)17-29(28)43-19-31(40)37-23-13-11-22(35)12-14-23)18-36-39-32(30-15-20-7-3-6-10-27(20)44-30)38-26-9-5-4-8-24(26)33(39)41/h3-18H,2,19H2,1H3,(H,37,40). The number of carbonyl (C=O) groups excluding carboxylic acids is 1. The van der Waals surface area contributed by atoms with E-state index in [9.17, 15) is 14.0 Å². The van der Waals surface area contributed by atoms with Crippen LogP contribution in [0.25, 0.3) is 33.5 Å². The molecule has 0 atom stereocenters. The number of ether oxygens (including phenoxy) is 2. The lowest BCUT2D eigenvalue weighted by atomic mass is 10.2. The summed E-state index contributed by atoms with van der Waals surface area (Å²) in [5.74, 6) is 0.493. The van der Waals surface area contributed by atoms with E-state index in [0.29, 0.717) is 56.1 Å². The highest BCUT2D eigenvalue weighted by Gasteiger charge is 2.17. The molecule has 2 heterocycles. The fraction of sp³-hybridized carbons (Fsp3) is 0.0909. The fourth-order valence-electron chi connectivity index (χ4n) is 4.51. The minimum Gasteiger partial charge on any atom is -0.490 e. The van der Waals surface area contributed by atoms with Crippen molar-refractivity contribution >= 4 is 55.6 Å². The van der Waals surface area contributed by atoms with Gasteiger partial charge in [0, 0.05) is 21.1 Å². The minimum absolute atomic E-state index is 0.245. The molecule has 0 radical (unpaired) electrons. The van der Waals surface area contributed by atoms with Crippen LogP contribution in [0.3, 0.4) is 0 Å². The first-order valence-electron chi connectivity index (χ1n) is 13.6. The molecule has 2 aromatic heterocycles. The van der Waals surface area contributed by atoms with Crippen molar-refractivity contribution in [3.8, 4) is 23.1 Å². The highest BCUT2D eigenvalue weighted by Crippen LogP contribution is 2.34. The van der Waals surface area contributed by atoms with Gasteiger partial charge in [-0.15, -0.1) is 0 Å². The summed E-state index contributed by atoms with van der Waals surface area (Å²) in [6.07, 6.45) is 1.50. The number of amides is 1. The minimum atomic E-state index is -0.429. The Labute approximate surface area is 258 Å². The summed E-state index contributed by atoms with van der Waals surface area (Å²) >= 11 is 3.53. The van der Waals surface area contributed by atoms with Crippen molar-refractivity contribution in [2.75, 3.05) is 18.5 Å². The number of nitrogens with one attached hydrogen (secondary N) is 1. The molecule has 0 aliphatic carbocycles. The Balaban J connectivity index is 1.32. The zero-order valence-electron chi connectivity index (χ0n) is 23.3. The van der Waals surface area contributed by atoms with Crippen molar-refractivity contribution in [3.05, 3.63) is 117 Å². The van der Waals surface area contributed by atoms with E-state index in [1.54, 1.807) is 30.3 Å². The number of para-hydroxylation sites is 2. The van der Waals surface area contributed by atoms with E-state index in [1.165, 1.54) is 35.2 Å². The Morgan fingerprint density at radius 1 is 1.02 bits per heavy atom. The Bertz CT molecular complexity index is 2060. The maximum atomic E-state index is 13.6. The first kappa shape index (κ1) is 28.8. The largest absolute Gasteiger partial charge is 0.490 e. The molecular weight excluding hydrogens is 631 g/mol. The van der Waals surface area contributed by atoms with Crippen molar-refractivity contribution in [3.63, 3.8) is 0 Å². The second-order valence-corrected chi connectivity index (χ2v) is 10.4. The van der Waals surface area contributed by atoms with Crippen LogP contribution < -0.4 is 20.3 Å². The van der Waals surface area contributed by atoms with Crippen LogP contribution in [0.2, 0.25) is 0 Å². The highest BCUT2D eigenvalue weighted by atomic mass is 79.9. The van der Waals surface area contributed by atoms with E-state index in [1.807, 2.05) is 43.3 Å². The first-order valence-corrected chi connectivity index (χ1v) is 14.4. The number of rotatable bonds is 9. The van der Waals surface area contributed by atoms with Crippen LogP contribution in [-0.2, 0) is 4.79 Å². The van der Waals surface area contributed by atoms with Crippen molar-refractivity contribution in [2.45, 2.75) is 6.92 Å². The molecule has 0 saturated heterocycles. The molecule has 0 aliphatic rings. The Kier molecular flexibility index (Phi) is 8.20. The molecule has 0 unspecified atom stereocenters. The zero-order valence-corrected chi connectivity index (χ0v) is 24.9. The number of carbonyl (C=O) groups is 1. The zero-order chi connectivity index (χ0) is 30.6. The van der Waals surface area contributed by atoms with Gasteiger partial charge in [0.05, 0.1) is 23.7 Å². The smallest absolute Gasteiger partial charge is 0.282 e. The van der Waals surface area contributed by atoms with Crippen LogP contribution in [0.4, 0.5) is 10.1 Å². The van der Waals surface area contributed by atoms with E-state index in [4.69, 9.17) is 18.9 Å². The van der Waals surface area contributed by atoms with Crippen LogP contribution in [0.1, 0.15) is 12.5 Å². The number of hydrogen-bond acceptors (Lipinski definition) is 7. The summed E-state index contributed by atoms with van der Waals surface area (Å²) in [7, 11) is 0. The molecule has 44 heavy (non-hydrogen) atoms. The van der Waals surface area contributed by atoms with Gasteiger partial charge >= 0.3 is 0 Å². The number of benzene rings is 4. The lowest BCUT2D eigenvalue weighted by Crippen LogP contribution is -2.20. The van der Waals surface area contributed by atoms with Gasteiger partial charge in [0.15, 0.2) is 23.9 Å². The average molecular weight is 655 g/mol. The van der Waals surface area contributed by atoms with E-state index in [2.05, 4.69) is 26.3 Å². The molecule has 1 amide bonds. The second-order valence-electron chi connectivity index (χ2n) is 9.56. The maximum absolute atomic E-state index is 13.6. The van der Waals surface area contributed by atoms with E-state index >= 15 is 0 Å². The number of aromatic nitrogens is 2. The Hall–Kier alpha value is -5.29. The Morgan fingerprint density at radius 2 is 1.77 bits per heavy atom. The Morgan fingerprint density at radius 3 is 2.57 bits per heavy atom. The van der Waals surface area contributed by atoms with Crippen LogP contribution in [0, 0.1) is 5.82 Å². The highest BCUT2D eigenvalue weighted by molar-refractivity contribution is 9.10. The fourth-order valence-corrected chi connectivity index (χ4v) is 4.93. The molecule has 6 aromatic rings. The number of anilines is 1. The van der Waals surface area contributed by atoms with Gasteiger partial charge in [0.1, 0.15) is 11.4 Å². The molecule has 4 aromatic carbocycles. The monoisotopic (exact) mass is 654 g/mol. The SMILES string of the molecule is CCOc1cc(C=Nn2c(-c3cc4ccccc4o3)nc3ccccc3c2=O)c(Br)cc1OCC(=O)Nc1ccc(F)cc1. The molecule has 0 bridgehead atoms. The van der Waals surface area contributed by atoms with Crippen molar-refractivity contribution in [1.29, 1.82) is 0 Å². The molecule has 0 fully saturated rings. The number of hydrogen-bond donors (Lipinski definition) is 1. The second kappa shape index (κ2) is 12.5. The van der Waals surface area contributed by atoms with E-state index in [0.717, 1.165) is 5.39 Å². The summed E-state index contributed by atoms with van der Waals surface area (Å²) in [6.45, 7) is 1.84. The molecule has 220 valence electrons. The number of furan rings is 1. The predicted octanol–water partition coefficient (Wildman–Crippen LogP) is 7.01. The number of fused-ring (bicyclic) bond motifs is 2. The number of halogens is 2. The van der Waals surface area contributed by atoms with Crippen LogP contribution in [0.15, 0.2) is 110 Å². The van der Waals surface area contributed by atoms with Gasteiger partial charge in [0.25, 0.3) is 11.5 Å². The third-order valence-electron chi connectivity index (χ3n) is 6.56. The van der Waals surface area contributed by atoms with Crippen LogP contribution in [-0.4, -0.2) is 35.0 Å². The molecular formula is C33H24BrFN4O5. The molecule has 1 N–H and O–H groups in total. The predicted molar refractivity (Wildman–Crippen MR) is 170 cm³/mol. The number of nitrogens with zero attached hydrogens (tertiary/aromatic N) is 3. The van der Waals surface area contributed by atoms with Gasteiger partial charge in [0.2, 0.25) is 5.82 Å². The molecule has 6 rings (SSSR count). The summed E-state index contributed by atoms with van der Waals surface area (Å²) in [5, 5.41) is 8.45. The van der Waals surface area contributed by atoms with Gasteiger partial charge in [-0.05, 0) is 83.5 Å². The first-order chi connectivity index (χ1) is 21.4. The average Bonchev–Trinajstić information content (AvgIpc) is 3.46. The summed E-state index contributed by atoms with van der Waals surface area (Å²) in [5.41, 5.74) is 1.83. The van der Waals surface area contributed by atoms with Gasteiger partial charge < -0.3 is 19.2 Å². The molecule has 0 aliphatic heterocycles. The molecule has 0 saturated carbocycles. The van der Waals surface area contributed by atoms with Gasteiger partial charge in [-0.1, -0.05) is 30.3 Å². The topological polar surface area (TPSA) is 108 Å². The molecule has 9 nitrogen and oxygen atoms in total. The van der Waals surface area contributed by atoms with Gasteiger partial charge in [-0.2, -0.15) is 9.78 Å². The lowest BCUT2D eigenvalue weighted by molar-refractivity contribution is -0.118. The van der Waals surface area contributed by atoms with Gasteiger partial charge in [-0.3, -0.25) is 9.59 Å². The summed E-state index contributed by atoms with van der Waals surface area (Å²) < 4.78 is 32.5. The van der Waals surface area contributed by atoms with Crippen molar-refractivity contribution in [2.24, 2.45) is 5.10 Å². The van der Waals surface area contributed by atoms with E-state index in [-0.39, 0.29) is 18.0 Å². The lowest BCUT2D eigenvalue weighted by Gasteiger charge is -2.14. The van der Waals surface area contributed by atoms with Crippen LogP contribution in [0.5, 0.6) is 11.5 Å². The third-order valence-corrected chi connectivity index (χ3v) is 7.25. The van der Waals surface area contributed by atoms with E-state index < -0.39 is 11.7 Å². The van der Waals surface area contributed by atoms with Crippen molar-refractivity contribution in [1.82, 2.24) is 9.66 Å². The molecule has 0 spiro atoms. The summed E-state index contributed by atoms with van der Waals surface area (Å²) in [6, 6.07) is 25.1. The maximum Gasteiger partial charge on any atom is 0.282 e.